The van der Waals surface area contributed by atoms with E-state index in [9.17, 15) is 4.79 Å². The molecule has 0 radical (unpaired) electrons. The maximum absolute atomic E-state index is 10.8. The molecule has 3 aromatic rings. The van der Waals surface area contributed by atoms with Crippen LogP contribution in [0.5, 0.6) is 5.75 Å². The Hall–Kier alpha value is -3.87. The molecule has 0 unspecified atom stereocenters. The first-order valence-electron chi connectivity index (χ1n) is 9.84. The van der Waals surface area contributed by atoms with Gasteiger partial charge in [0.05, 0.1) is 27.7 Å². The van der Waals surface area contributed by atoms with Gasteiger partial charge >= 0.3 is 5.97 Å². The van der Waals surface area contributed by atoms with Gasteiger partial charge in [-0.1, -0.05) is 30.3 Å². The van der Waals surface area contributed by atoms with Crippen LogP contribution in [0.15, 0.2) is 77.3 Å². The number of carbonyl (C=O) groups is 1. The van der Waals surface area contributed by atoms with Gasteiger partial charge in [-0.3, -0.25) is 4.79 Å². The zero-order valence-electron chi connectivity index (χ0n) is 17.1. The molecule has 0 heterocycles. The average molecular weight is 487 g/mol. The molecule has 0 fully saturated rings. The standard InChI is InChI=1S/C26H19BrN2O3/c27-24-15-18(6-12-26(30)31)5-11-25(24)32-14-13-23(21-7-1-19(16-28)2-8-21)22-9-3-20(17-29)4-10-22/h1-5,7-11,13,15H,6,12,14H2,(H,30,31). The molecule has 0 atom stereocenters. The van der Waals surface area contributed by atoms with E-state index in [2.05, 4.69) is 28.1 Å². The topological polar surface area (TPSA) is 94.1 Å². The summed E-state index contributed by atoms with van der Waals surface area (Å²) in [6.45, 7) is 0.294. The van der Waals surface area contributed by atoms with Crippen molar-refractivity contribution >= 4 is 27.5 Å². The van der Waals surface area contributed by atoms with Crippen LogP contribution >= 0.6 is 15.9 Å². The van der Waals surface area contributed by atoms with Crippen LogP contribution in [-0.4, -0.2) is 17.7 Å². The Morgan fingerprint density at radius 2 is 1.50 bits per heavy atom. The molecule has 0 saturated heterocycles. The van der Waals surface area contributed by atoms with Gasteiger partial charge in [-0.05, 0) is 87.1 Å². The maximum atomic E-state index is 10.8. The van der Waals surface area contributed by atoms with E-state index in [-0.39, 0.29) is 6.42 Å². The van der Waals surface area contributed by atoms with Crippen molar-refractivity contribution in [3.8, 4) is 17.9 Å². The lowest BCUT2D eigenvalue weighted by Crippen LogP contribution is -2.00. The molecule has 0 saturated carbocycles. The van der Waals surface area contributed by atoms with Gasteiger partial charge in [-0.2, -0.15) is 10.5 Å². The smallest absolute Gasteiger partial charge is 0.303 e. The molecule has 0 aromatic heterocycles. The zero-order valence-corrected chi connectivity index (χ0v) is 18.7. The van der Waals surface area contributed by atoms with Crippen LogP contribution in [0, 0.1) is 22.7 Å². The summed E-state index contributed by atoms with van der Waals surface area (Å²) in [5.74, 6) is -0.177. The minimum absolute atomic E-state index is 0.0773. The summed E-state index contributed by atoms with van der Waals surface area (Å²) in [5, 5.41) is 27.0. The highest BCUT2D eigenvalue weighted by Gasteiger charge is 2.08. The number of benzene rings is 3. The van der Waals surface area contributed by atoms with Crippen molar-refractivity contribution in [2.75, 3.05) is 6.61 Å². The minimum Gasteiger partial charge on any atom is -0.488 e. The van der Waals surface area contributed by atoms with Crippen LogP contribution in [0.25, 0.3) is 5.57 Å². The first-order chi connectivity index (χ1) is 15.5. The van der Waals surface area contributed by atoms with Crippen LogP contribution in [0.1, 0.15) is 34.2 Å². The van der Waals surface area contributed by atoms with Gasteiger partial charge in [0.25, 0.3) is 0 Å². The van der Waals surface area contributed by atoms with Gasteiger partial charge < -0.3 is 9.84 Å². The van der Waals surface area contributed by atoms with Crippen LogP contribution < -0.4 is 4.74 Å². The number of carboxylic acids is 1. The fraction of sp³-hybridized carbons (Fsp3) is 0.115. The number of rotatable bonds is 8. The Bertz CT molecular complexity index is 1160. The fourth-order valence-electron chi connectivity index (χ4n) is 3.13. The fourth-order valence-corrected chi connectivity index (χ4v) is 3.67. The highest BCUT2D eigenvalue weighted by Crippen LogP contribution is 2.28. The Morgan fingerprint density at radius 1 is 0.938 bits per heavy atom. The molecule has 3 aromatic carbocycles. The Labute approximate surface area is 194 Å². The number of aliphatic carboxylic acids is 1. The summed E-state index contributed by atoms with van der Waals surface area (Å²) in [7, 11) is 0. The van der Waals surface area contributed by atoms with Crippen LogP contribution in [-0.2, 0) is 11.2 Å². The molecule has 0 aliphatic heterocycles. The van der Waals surface area contributed by atoms with Crippen molar-refractivity contribution in [2.45, 2.75) is 12.8 Å². The average Bonchev–Trinajstić information content (AvgIpc) is 2.82. The lowest BCUT2D eigenvalue weighted by atomic mass is 9.96. The maximum Gasteiger partial charge on any atom is 0.303 e. The summed E-state index contributed by atoms with van der Waals surface area (Å²) in [4.78, 5) is 10.8. The quantitative estimate of drug-likeness (QED) is 0.439. The molecular formula is C26H19BrN2O3. The van der Waals surface area contributed by atoms with Crippen molar-refractivity contribution in [2.24, 2.45) is 0 Å². The molecule has 0 aliphatic rings. The first kappa shape index (κ1) is 22.8. The molecule has 5 nitrogen and oxygen atoms in total. The summed E-state index contributed by atoms with van der Waals surface area (Å²) in [6.07, 6.45) is 2.48. The number of nitrogens with zero attached hydrogens (tertiary/aromatic N) is 2. The third kappa shape index (κ3) is 6.07. The second-order valence-electron chi connectivity index (χ2n) is 6.97. The predicted octanol–water partition coefficient (Wildman–Crippen LogP) is 5.72. The van der Waals surface area contributed by atoms with Crippen molar-refractivity contribution in [3.05, 3.63) is 105 Å². The van der Waals surface area contributed by atoms with Crippen molar-refractivity contribution in [3.63, 3.8) is 0 Å². The molecule has 32 heavy (non-hydrogen) atoms. The van der Waals surface area contributed by atoms with E-state index < -0.39 is 5.97 Å². The predicted molar refractivity (Wildman–Crippen MR) is 125 cm³/mol. The zero-order chi connectivity index (χ0) is 22.9. The number of carboxylic acid groups (broad SMARTS) is 1. The van der Waals surface area contributed by atoms with E-state index >= 15 is 0 Å². The van der Waals surface area contributed by atoms with Gasteiger partial charge in [0.15, 0.2) is 0 Å². The van der Waals surface area contributed by atoms with E-state index in [4.69, 9.17) is 20.4 Å². The van der Waals surface area contributed by atoms with E-state index in [1.54, 1.807) is 24.3 Å². The molecule has 6 heteroatoms. The highest BCUT2D eigenvalue weighted by molar-refractivity contribution is 9.10. The second kappa shape index (κ2) is 10.9. The number of hydrogen-bond donors (Lipinski definition) is 1. The van der Waals surface area contributed by atoms with E-state index in [0.29, 0.717) is 29.9 Å². The summed E-state index contributed by atoms with van der Waals surface area (Å²) >= 11 is 3.49. The number of halogens is 1. The van der Waals surface area contributed by atoms with Gasteiger partial charge in [0.2, 0.25) is 0 Å². The molecular weight excluding hydrogens is 468 g/mol. The number of hydrogen-bond acceptors (Lipinski definition) is 4. The van der Waals surface area contributed by atoms with Crippen LogP contribution in [0.2, 0.25) is 0 Å². The lowest BCUT2D eigenvalue weighted by Gasteiger charge is -2.12. The van der Waals surface area contributed by atoms with Crippen molar-refractivity contribution in [1.82, 2.24) is 0 Å². The summed E-state index contributed by atoms with van der Waals surface area (Å²) in [5.41, 5.74) is 4.86. The van der Waals surface area contributed by atoms with E-state index in [1.807, 2.05) is 48.5 Å². The lowest BCUT2D eigenvalue weighted by molar-refractivity contribution is -0.136. The Balaban J connectivity index is 1.82. The van der Waals surface area contributed by atoms with Gasteiger partial charge in [-0.25, -0.2) is 0 Å². The second-order valence-corrected chi connectivity index (χ2v) is 7.82. The highest BCUT2D eigenvalue weighted by atomic mass is 79.9. The Kier molecular flexibility index (Phi) is 7.80. The number of ether oxygens (including phenoxy) is 1. The molecule has 0 spiro atoms. The molecule has 0 bridgehead atoms. The molecule has 3 rings (SSSR count). The summed E-state index contributed by atoms with van der Waals surface area (Å²) < 4.78 is 6.69. The van der Waals surface area contributed by atoms with Crippen molar-refractivity contribution < 1.29 is 14.6 Å². The molecule has 0 aliphatic carbocycles. The first-order valence-corrected chi connectivity index (χ1v) is 10.6. The van der Waals surface area contributed by atoms with Gasteiger partial charge in [0.1, 0.15) is 12.4 Å². The third-order valence-corrected chi connectivity index (χ3v) is 5.42. The van der Waals surface area contributed by atoms with Crippen molar-refractivity contribution in [1.29, 1.82) is 10.5 Å². The molecule has 1 N–H and O–H groups in total. The Morgan fingerprint density at radius 3 is 1.97 bits per heavy atom. The third-order valence-electron chi connectivity index (χ3n) is 4.80. The molecule has 0 amide bonds. The minimum atomic E-state index is -0.829. The molecule has 158 valence electrons. The van der Waals surface area contributed by atoms with Crippen LogP contribution in [0.4, 0.5) is 0 Å². The summed E-state index contributed by atoms with van der Waals surface area (Å²) in [6, 6.07) is 24.4. The van der Waals surface area contributed by atoms with Gasteiger partial charge in [-0.15, -0.1) is 0 Å². The van der Waals surface area contributed by atoms with Gasteiger partial charge in [0, 0.05) is 6.42 Å². The SMILES string of the molecule is N#Cc1ccc(C(=CCOc2ccc(CCC(=O)O)cc2Br)c2ccc(C#N)cc2)cc1. The normalized spacial score (nSPS) is 9.97. The monoisotopic (exact) mass is 486 g/mol. The van der Waals surface area contributed by atoms with E-state index in [1.165, 1.54) is 0 Å². The number of aryl methyl sites for hydroxylation is 1. The van der Waals surface area contributed by atoms with Crippen LogP contribution in [0.3, 0.4) is 0 Å². The van der Waals surface area contributed by atoms with E-state index in [0.717, 1.165) is 26.7 Å². The number of nitriles is 2. The largest absolute Gasteiger partial charge is 0.488 e.